The maximum absolute atomic E-state index is 5.52. The lowest BCUT2D eigenvalue weighted by atomic mass is 9.88. The Kier molecular flexibility index (Phi) is 6.06. The third-order valence-electron chi connectivity index (χ3n) is 4.61. The molecule has 112 valence electrons. The summed E-state index contributed by atoms with van der Waals surface area (Å²) in [4.78, 5) is 0. The van der Waals surface area contributed by atoms with Crippen molar-refractivity contribution in [1.82, 2.24) is 5.32 Å². The topological polar surface area (TPSA) is 21.3 Å². The minimum Gasteiger partial charge on any atom is -0.372 e. The largest absolute Gasteiger partial charge is 0.372 e. The molecule has 1 aliphatic rings. The van der Waals surface area contributed by atoms with Gasteiger partial charge in [0.2, 0.25) is 0 Å². The molecule has 0 saturated heterocycles. The van der Waals surface area contributed by atoms with Gasteiger partial charge in [0, 0.05) is 6.04 Å². The molecule has 1 aromatic carbocycles. The molecular formula is C18H29NO. The first-order valence-corrected chi connectivity index (χ1v) is 8.15. The average Bonchev–Trinajstić information content (AvgIpc) is 2.95. The van der Waals surface area contributed by atoms with E-state index in [1.165, 1.54) is 48.8 Å². The quantitative estimate of drug-likeness (QED) is 0.749. The number of hydrogen-bond donors (Lipinski definition) is 1. The summed E-state index contributed by atoms with van der Waals surface area (Å²) >= 11 is 0. The third kappa shape index (κ3) is 3.83. The Morgan fingerprint density at radius 3 is 2.70 bits per heavy atom. The van der Waals surface area contributed by atoms with E-state index in [1.807, 2.05) is 0 Å². The van der Waals surface area contributed by atoms with E-state index in [0.717, 1.165) is 19.1 Å². The number of rotatable bonds is 8. The smallest absolute Gasteiger partial charge is 0.0725 e. The molecule has 2 nitrogen and oxygen atoms in total. The molecular weight excluding hydrogens is 246 g/mol. The van der Waals surface area contributed by atoms with Crippen LogP contribution in [-0.2, 0) is 18.0 Å². The van der Waals surface area contributed by atoms with Crippen LogP contribution in [0.1, 0.15) is 68.7 Å². The van der Waals surface area contributed by atoms with Gasteiger partial charge in [-0.25, -0.2) is 0 Å². The fourth-order valence-electron chi connectivity index (χ4n) is 3.14. The Balaban J connectivity index is 2.03. The number of hydrogen-bond acceptors (Lipinski definition) is 2. The molecule has 0 radical (unpaired) electrons. The average molecular weight is 275 g/mol. The first-order valence-electron chi connectivity index (χ1n) is 8.15. The van der Waals surface area contributed by atoms with Gasteiger partial charge in [-0.2, -0.15) is 0 Å². The summed E-state index contributed by atoms with van der Waals surface area (Å²) in [5.74, 6) is 0.830. The Hall–Kier alpha value is -0.860. The van der Waals surface area contributed by atoms with Gasteiger partial charge in [0.15, 0.2) is 0 Å². The highest BCUT2D eigenvalue weighted by molar-refractivity contribution is 5.34. The van der Waals surface area contributed by atoms with Crippen molar-refractivity contribution >= 4 is 0 Å². The van der Waals surface area contributed by atoms with Crippen LogP contribution in [0.4, 0.5) is 0 Å². The lowest BCUT2D eigenvalue weighted by Gasteiger charge is -2.23. The monoisotopic (exact) mass is 275 g/mol. The van der Waals surface area contributed by atoms with Gasteiger partial charge < -0.3 is 10.1 Å². The first-order chi connectivity index (χ1) is 9.78. The lowest BCUT2D eigenvalue weighted by molar-refractivity contribution is 0.134. The number of unbranched alkanes of at least 4 members (excludes halogenated alkanes) is 1. The highest BCUT2D eigenvalue weighted by atomic mass is 16.5. The van der Waals surface area contributed by atoms with Crippen molar-refractivity contribution < 1.29 is 4.74 Å². The van der Waals surface area contributed by atoms with E-state index >= 15 is 0 Å². The zero-order valence-corrected chi connectivity index (χ0v) is 13.2. The fourth-order valence-corrected chi connectivity index (χ4v) is 3.14. The van der Waals surface area contributed by atoms with Gasteiger partial charge in [-0.05, 0) is 36.1 Å². The van der Waals surface area contributed by atoms with Crippen molar-refractivity contribution in [3.05, 3.63) is 34.9 Å². The van der Waals surface area contributed by atoms with E-state index in [9.17, 15) is 0 Å². The molecule has 2 atom stereocenters. The van der Waals surface area contributed by atoms with Crippen LogP contribution in [0.25, 0.3) is 0 Å². The molecule has 20 heavy (non-hydrogen) atoms. The van der Waals surface area contributed by atoms with Crippen LogP contribution >= 0.6 is 0 Å². The van der Waals surface area contributed by atoms with E-state index in [0.29, 0.717) is 6.04 Å². The van der Waals surface area contributed by atoms with Crippen LogP contribution in [0.15, 0.2) is 18.2 Å². The highest BCUT2D eigenvalue weighted by Gasteiger charge is 2.18. The molecule has 1 aliphatic heterocycles. The van der Waals surface area contributed by atoms with Crippen molar-refractivity contribution in [2.75, 3.05) is 7.05 Å². The molecule has 0 spiro atoms. The summed E-state index contributed by atoms with van der Waals surface area (Å²) in [5.41, 5.74) is 4.16. The molecule has 0 saturated carbocycles. The van der Waals surface area contributed by atoms with E-state index in [1.54, 1.807) is 0 Å². The molecule has 0 aromatic heterocycles. The molecule has 0 amide bonds. The predicted octanol–water partition coefficient (Wildman–Crippen LogP) is 4.58. The van der Waals surface area contributed by atoms with Gasteiger partial charge in [-0.15, -0.1) is 0 Å². The third-order valence-corrected chi connectivity index (χ3v) is 4.61. The Bertz CT molecular complexity index is 416. The second kappa shape index (κ2) is 7.80. The van der Waals surface area contributed by atoms with Crippen molar-refractivity contribution in [1.29, 1.82) is 0 Å². The second-order valence-corrected chi connectivity index (χ2v) is 6.01. The normalized spacial score (nSPS) is 16.9. The van der Waals surface area contributed by atoms with Gasteiger partial charge >= 0.3 is 0 Å². The van der Waals surface area contributed by atoms with Gasteiger partial charge in [0.1, 0.15) is 0 Å². The molecule has 2 unspecified atom stereocenters. The molecule has 0 fully saturated rings. The van der Waals surface area contributed by atoms with Gasteiger partial charge in [0.25, 0.3) is 0 Å². The van der Waals surface area contributed by atoms with Crippen LogP contribution in [0.2, 0.25) is 0 Å². The number of nitrogens with one attached hydrogen (secondary N) is 1. The fraction of sp³-hybridized carbons (Fsp3) is 0.667. The maximum Gasteiger partial charge on any atom is 0.0725 e. The van der Waals surface area contributed by atoms with E-state index < -0.39 is 0 Å². The van der Waals surface area contributed by atoms with Gasteiger partial charge in [0.05, 0.1) is 13.2 Å². The van der Waals surface area contributed by atoms with Crippen LogP contribution in [0.3, 0.4) is 0 Å². The minimum absolute atomic E-state index is 0.475. The molecule has 1 N–H and O–H groups in total. The van der Waals surface area contributed by atoms with E-state index in [2.05, 4.69) is 44.4 Å². The highest BCUT2D eigenvalue weighted by Crippen LogP contribution is 2.29. The summed E-state index contributed by atoms with van der Waals surface area (Å²) in [6, 6.07) is 7.34. The Morgan fingerprint density at radius 1 is 1.20 bits per heavy atom. The van der Waals surface area contributed by atoms with Crippen LogP contribution in [0, 0.1) is 5.92 Å². The van der Waals surface area contributed by atoms with Crippen molar-refractivity contribution in [3.8, 4) is 0 Å². The summed E-state index contributed by atoms with van der Waals surface area (Å²) in [7, 11) is 2.08. The summed E-state index contributed by atoms with van der Waals surface area (Å²) < 4.78 is 5.52. The number of benzene rings is 1. The Morgan fingerprint density at radius 2 is 2.00 bits per heavy atom. The standard InChI is InChI=1S/C18H29NO/c1-4-6-7-14(5-2)10-18(19-3)15-8-9-16-12-20-13-17(16)11-15/h8-9,11,14,18-19H,4-7,10,12-13H2,1-3H3. The van der Waals surface area contributed by atoms with Gasteiger partial charge in [-0.3, -0.25) is 0 Å². The summed E-state index contributed by atoms with van der Waals surface area (Å²) in [6.07, 6.45) is 6.54. The molecule has 1 heterocycles. The Labute approximate surface area is 123 Å². The predicted molar refractivity (Wildman–Crippen MR) is 84.7 cm³/mol. The lowest BCUT2D eigenvalue weighted by Crippen LogP contribution is -2.20. The van der Waals surface area contributed by atoms with Crippen molar-refractivity contribution in [2.24, 2.45) is 5.92 Å². The summed E-state index contributed by atoms with van der Waals surface area (Å²) in [6.45, 7) is 6.17. The minimum atomic E-state index is 0.475. The number of ether oxygens (including phenoxy) is 1. The molecule has 0 bridgehead atoms. The van der Waals surface area contributed by atoms with Crippen molar-refractivity contribution in [2.45, 2.75) is 65.2 Å². The molecule has 2 rings (SSSR count). The molecule has 1 aromatic rings. The zero-order chi connectivity index (χ0) is 14.4. The van der Waals surface area contributed by atoms with Gasteiger partial charge in [-0.1, -0.05) is 57.7 Å². The first kappa shape index (κ1) is 15.5. The summed E-state index contributed by atoms with van der Waals surface area (Å²) in [5, 5.41) is 3.51. The van der Waals surface area contributed by atoms with E-state index in [-0.39, 0.29) is 0 Å². The maximum atomic E-state index is 5.52. The second-order valence-electron chi connectivity index (χ2n) is 6.01. The molecule has 2 heteroatoms. The SMILES string of the molecule is CCCCC(CC)CC(NC)c1ccc2c(c1)COC2. The van der Waals surface area contributed by atoms with Crippen LogP contribution in [-0.4, -0.2) is 7.05 Å². The van der Waals surface area contributed by atoms with Crippen LogP contribution in [0.5, 0.6) is 0 Å². The van der Waals surface area contributed by atoms with Crippen molar-refractivity contribution in [3.63, 3.8) is 0 Å². The zero-order valence-electron chi connectivity index (χ0n) is 13.2. The number of fused-ring (bicyclic) bond motifs is 1. The molecule has 0 aliphatic carbocycles. The van der Waals surface area contributed by atoms with Crippen LogP contribution < -0.4 is 5.32 Å². The van der Waals surface area contributed by atoms with E-state index in [4.69, 9.17) is 4.74 Å².